The normalized spacial score (nSPS) is 40.0. The highest BCUT2D eigenvalue weighted by Crippen LogP contribution is 2.49. The first-order chi connectivity index (χ1) is 23.4. The van der Waals surface area contributed by atoms with Gasteiger partial charge in [-0.05, 0) is 115 Å². The van der Waals surface area contributed by atoms with E-state index < -0.39 is 18.1 Å². The predicted octanol–water partition coefficient (Wildman–Crippen LogP) is 5.69. The maximum absolute atomic E-state index is 14.0. The molecule has 0 spiro atoms. The van der Waals surface area contributed by atoms with Crippen LogP contribution in [0.3, 0.4) is 0 Å². The summed E-state index contributed by atoms with van der Waals surface area (Å²) in [6.45, 7) is 6.48. The molecule has 1 aromatic heterocycles. The Kier molecular flexibility index (Phi) is 10.7. The number of fused-ring (bicyclic) bond motifs is 3. The van der Waals surface area contributed by atoms with Crippen molar-refractivity contribution in [1.29, 1.82) is 0 Å². The molecule has 13 heteroatoms. The number of likely N-dealkylation sites (tertiary alicyclic amines) is 1. The van der Waals surface area contributed by atoms with E-state index in [4.69, 9.17) is 21.3 Å². The topological polar surface area (TPSA) is 96.7 Å². The van der Waals surface area contributed by atoms with Crippen LogP contribution in [0.15, 0.2) is 4.79 Å². The fraction of sp³-hybridized carbons (Fsp3) is 0.861. The molecule has 2 saturated carbocycles. The van der Waals surface area contributed by atoms with Crippen LogP contribution in [0.4, 0.5) is 13.2 Å². The Balaban J connectivity index is 0.990. The van der Waals surface area contributed by atoms with Crippen LogP contribution < -0.4 is 10.9 Å². The Morgan fingerprint density at radius 3 is 2.69 bits per heavy atom. The smallest absolute Gasteiger partial charge is 0.391 e. The minimum atomic E-state index is -4.09. The van der Waals surface area contributed by atoms with Gasteiger partial charge in [0.1, 0.15) is 5.82 Å². The number of piperidine rings is 2. The predicted molar refractivity (Wildman–Crippen MR) is 184 cm³/mol. The summed E-state index contributed by atoms with van der Waals surface area (Å²) in [7, 11) is 0. The van der Waals surface area contributed by atoms with Crippen molar-refractivity contribution in [2.24, 2.45) is 35.5 Å². The van der Waals surface area contributed by atoms with Gasteiger partial charge in [-0.25, -0.2) is 4.98 Å². The van der Waals surface area contributed by atoms with Crippen molar-refractivity contribution in [3.05, 3.63) is 27.4 Å². The number of nitrogens with one attached hydrogen (secondary N) is 1. The number of carboxylic acid groups (broad SMARTS) is 1. The fourth-order valence-corrected chi connectivity index (χ4v) is 12.7. The second kappa shape index (κ2) is 14.6. The fourth-order valence-electron chi connectivity index (χ4n) is 10.6. The van der Waals surface area contributed by atoms with Gasteiger partial charge in [-0.3, -0.25) is 19.1 Å². The highest BCUT2D eigenvalue weighted by molar-refractivity contribution is 8.00. The molecule has 0 radical (unpaired) electrons. The lowest BCUT2D eigenvalue weighted by Gasteiger charge is -2.47. The Morgan fingerprint density at radius 1 is 1.10 bits per heavy atom. The lowest BCUT2D eigenvalue weighted by atomic mass is 9.70. The molecule has 3 aliphatic heterocycles. The number of nitrogens with zero attached hydrogens (tertiary/aromatic N) is 3. The second-order valence-electron chi connectivity index (χ2n) is 16.0. The Hall–Kier alpha value is -1.34. The second-order valence-corrected chi connectivity index (χ2v) is 17.8. The molecule has 274 valence electrons. The molecule has 0 aromatic carbocycles. The Morgan fingerprint density at radius 2 is 1.92 bits per heavy atom. The molecule has 3 saturated heterocycles. The van der Waals surface area contributed by atoms with Gasteiger partial charge in [0, 0.05) is 46.6 Å². The number of hydrogen-bond acceptors (Lipinski definition) is 7. The molecular formula is C36H52ClF3N4O4S. The van der Waals surface area contributed by atoms with Crippen LogP contribution in [0.1, 0.15) is 81.8 Å². The maximum atomic E-state index is 14.0. The van der Waals surface area contributed by atoms with Crippen LogP contribution in [0.5, 0.6) is 0 Å². The molecule has 0 bridgehead atoms. The first kappa shape index (κ1) is 36.0. The largest absolute Gasteiger partial charge is 0.481 e. The van der Waals surface area contributed by atoms with Crippen LogP contribution in [0, 0.1) is 42.4 Å². The number of hydrogen-bond donors (Lipinski definition) is 2. The van der Waals surface area contributed by atoms with Gasteiger partial charge in [0.15, 0.2) is 0 Å². The van der Waals surface area contributed by atoms with E-state index in [9.17, 15) is 27.9 Å². The number of aromatic nitrogens is 2. The minimum Gasteiger partial charge on any atom is -0.481 e. The first-order valence-electron chi connectivity index (χ1n) is 18.6. The first-order valence-corrected chi connectivity index (χ1v) is 20.1. The van der Waals surface area contributed by atoms with Gasteiger partial charge in [0.2, 0.25) is 0 Å². The molecule has 5 fully saturated rings. The van der Waals surface area contributed by atoms with Gasteiger partial charge in [0.25, 0.3) is 5.56 Å². The number of aliphatic carboxylic acids is 1. The maximum Gasteiger partial charge on any atom is 0.391 e. The molecule has 3 aliphatic carbocycles. The van der Waals surface area contributed by atoms with Crippen molar-refractivity contribution in [2.75, 3.05) is 25.4 Å². The monoisotopic (exact) mass is 728 g/mol. The summed E-state index contributed by atoms with van der Waals surface area (Å²) in [5.74, 6) is 0.0659. The van der Waals surface area contributed by atoms with E-state index in [1.807, 2.05) is 6.92 Å². The molecule has 6 aliphatic rings. The van der Waals surface area contributed by atoms with Crippen molar-refractivity contribution in [1.82, 2.24) is 19.8 Å². The minimum absolute atomic E-state index is 0.00878. The summed E-state index contributed by atoms with van der Waals surface area (Å²) in [5, 5.41) is 13.8. The van der Waals surface area contributed by atoms with Crippen molar-refractivity contribution >= 4 is 29.3 Å². The lowest BCUT2D eigenvalue weighted by molar-refractivity contribution is -0.191. The van der Waals surface area contributed by atoms with E-state index >= 15 is 0 Å². The lowest BCUT2D eigenvalue weighted by Crippen LogP contribution is -2.57. The van der Waals surface area contributed by atoms with Crippen LogP contribution in [0.2, 0.25) is 0 Å². The van der Waals surface area contributed by atoms with Gasteiger partial charge < -0.3 is 15.2 Å². The molecule has 8 nitrogen and oxygen atoms in total. The highest BCUT2D eigenvalue weighted by Gasteiger charge is 2.52. The number of ether oxygens (including phenoxy) is 1. The molecule has 4 heterocycles. The van der Waals surface area contributed by atoms with Gasteiger partial charge >= 0.3 is 12.1 Å². The summed E-state index contributed by atoms with van der Waals surface area (Å²) in [5.41, 5.74) is 1.68. The number of rotatable bonds is 7. The molecule has 7 rings (SSSR count). The Labute approximate surface area is 296 Å². The highest BCUT2D eigenvalue weighted by atomic mass is 35.5. The van der Waals surface area contributed by atoms with E-state index in [0.29, 0.717) is 49.4 Å². The molecule has 0 amide bonds. The van der Waals surface area contributed by atoms with Crippen molar-refractivity contribution in [3.63, 3.8) is 0 Å². The molecule has 1 aromatic rings. The van der Waals surface area contributed by atoms with E-state index in [1.165, 1.54) is 0 Å². The Bertz CT molecular complexity index is 1430. The number of aryl methyl sites for hydroxylation is 2. The zero-order valence-electron chi connectivity index (χ0n) is 28.7. The zero-order valence-corrected chi connectivity index (χ0v) is 30.2. The van der Waals surface area contributed by atoms with Gasteiger partial charge in [-0.2, -0.15) is 24.9 Å². The zero-order chi connectivity index (χ0) is 34.6. The van der Waals surface area contributed by atoms with Gasteiger partial charge in [-0.15, -0.1) is 11.6 Å². The summed E-state index contributed by atoms with van der Waals surface area (Å²) >= 11 is 8.53. The number of alkyl halides is 4. The average molecular weight is 729 g/mol. The van der Waals surface area contributed by atoms with Crippen LogP contribution in [-0.4, -0.2) is 92.0 Å². The van der Waals surface area contributed by atoms with Crippen LogP contribution >= 0.6 is 23.4 Å². The summed E-state index contributed by atoms with van der Waals surface area (Å²) in [6.07, 6.45) is 3.71. The third-order valence-electron chi connectivity index (χ3n) is 13.1. The van der Waals surface area contributed by atoms with E-state index in [-0.39, 0.29) is 71.0 Å². The standard InChI is InChI=1S/C36H52ClF3N4O4S/c1-19-13-27(33-32(41-19)29(18-49-33)35(46)47)26-15-24(37)5-8-31(26)48-12-11-44-20(2)42-30-7-6-25(16-28(30)34(44)45)43-10-9-21-14-23(36(38,39)40)4-3-22(21)17-43/h19,21-27,29,31-33,41H,3-18H2,1-2H3,(H,46,47). The van der Waals surface area contributed by atoms with Crippen molar-refractivity contribution in [3.8, 4) is 0 Å². The van der Waals surface area contributed by atoms with Crippen molar-refractivity contribution < 1.29 is 27.8 Å². The molecular weight excluding hydrogens is 677 g/mol. The van der Waals surface area contributed by atoms with Crippen molar-refractivity contribution in [2.45, 2.75) is 132 Å². The third kappa shape index (κ3) is 7.46. The van der Waals surface area contributed by atoms with Crippen LogP contribution in [-0.2, 0) is 28.9 Å². The molecule has 12 atom stereocenters. The SMILES string of the molecule is Cc1nc2c(c(=O)n1CCOC1CCC(Cl)CC1C1CC(C)NC3C(C(=O)O)CSC13)CC(N1CCC3CC(C(F)(F)F)CCC3C1)CC2. The summed E-state index contributed by atoms with van der Waals surface area (Å²) < 4.78 is 48.6. The number of carbonyl (C=O) groups is 1. The quantitative estimate of drug-likeness (QED) is 0.347. The third-order valence-corrected chi connectivity index (χ3v) is 15.1. The summed E-state index contributed by atoms with van der Waals surface area (Å²) in [6, 6.07) is 0.396. The van der Waals surface area contributed by atoms with E-state index in [0.717, 1.165) is 69.3 Å². The van der Waals surface area contributed by atoms with E-state index in [1.54, 1.807) is 16.3 Å². The van der Waals surface area contributed by atoms with E-state index in [2.05, 4.69) is 17.1 Å². The summed E-state index contributed by atoms with van der Waals surface area (Å²) in [4.78, 5) is 33.3. The number of carboxylic acids is 1. The van der Waals surface area contributed by atoms with Gasteiger partial charge in [0.05, 0.1) is 36.8 Å². The number of halogens is 4. The average Bonchev–Trinajstić information content (AvgIpc) is 3.49. The number of thioether (sulfide) groups is 1. The van der Waals surface area contributed by atoms with Gasteiger partial charge in [-0.1, -0.05) is 0 Å². The molecule has 49 heavy (non-hydrogen) atoms. The molecule has 2 N–H and O–H groups in total. The van der Waals surface area contributed by atoms with Crippen LogP contribution in [0.25, 0.3) is 0 Å². The molecule has 12 unspecified atom stereocenters.